The van der Waals surface area contributed by atoms with Crippen molar-refractivity contribution in [1.82, 2.24) is 9.97 Å². The number of carbonyl (C=O) groups excluding carboxylic acids is 1. The number of hydrogen-bond donors (Lipinski definition) is 3. The van der Waals surface area contributed by atoms with E-state index in [4.69, 9.17) is 5.11 Å². The Bertz CT molecular complexity index is 596. The van der Waals surface area contributed by atoms with Gasteiger partial charge in [0.05, 0.1) is 18.1 Å². The average molecular weight is 310 g/mol. The number of aromatic nitrogens is 2. The Labute approximate surface area is 110 Å². The van der Waals surface area contributed by atoms with Crippen LogP contribution in [0.4, 0.5) is 5.69 Å². The van der Waals surface area contributed by atoms with Crippen molar-refractivity contribution in [2.75, 3.05) is 5.32 Å². The third-order valence-electron chi connectivity index (χ3n) is 2.15. The number of carbonyl (C=O) groups is 2. The smallest absolute Gasteiger partial charge is 0.335 e. The number of hydrogen-bond acceptors (Lipinski definition) is 3. The molecule has 2 aromatic rings. The molecule has 0 saturated carbocycles. The first kappa shape index (κ1) is 12.3. The van der Waals surface area contributed by atoms with Crippen LogP contribution in [0.1, 0.15) is 20.8 Å². The van der Waals surface area contributed by atoms with E-state index < -0.39 is 5.97 Å². The van der Waals surface area contributed by atoms with Crippen molar-refractivity contribution in [2.24, 2.45) is 0 Å². The molecule has 0 atom stereocenters. The fourth-order valence-electron chi connectivity index (χ4n) is 1.36. The van der Waals surface area contributed by atoms with E-state index in [1.165, 1.54) is 24.7 Å². The summed E-state index contributed by atoms with van der Waals surface area (Å²) in [6.07, 6.45) is 2.77. The summed E-state index contributed by atoms with van der Waals surface area (Å²) >= 11 is 3.19. The predicted octanol–water partition coefficient (Wildman–Crippen LogP) is 2.12. The van der Waals surface area contributed by atoms with Gasteiger partial charge in [-0.25, -0.2) is 9.78 Å². The summed E-state index contributed by atoms with van der Waals surface area (Å²) in [5, 5.41) is 11.5. The molecule has 0 aliphatic rings. The largest absolute Gasteiger partial charge is 0.478 e. The van der Waals surface area contributed by atoms with Gasteiger partial charge in [-0.1, -0.05) is 15.9 Å². The lowest BCUT2D eigenvalue weighted by atomic mass is 10.2. The molecule has 7 heteroatoms. The highest BCUT2D eigenvalue weighted by Crippen LogP contribution is 2.20. The van der Waals surface area contributed by atoms with Gasteiger partial charge in [-0.2, -0.15) is 0 Å². The molecule has 6 nitrogen and oxygen atoms in total. The number of H-pyrrole nitrogens is 1. The number of carboxylic acid groups (broad SMARTS) is 1. The normalized spacial score (nSPS) is 10.1. The fraction of sp³-hybridized carbons (Fsp3) is 0. The fourth-order valence-corrected chi connectivity index (χ4v) is 1.86. The van der Waals surface area contributed by atoms with Crippen LogP contribution in [0.2, 0.25) is 0 Å². The van der Waals surface area contributed by atoms with Gasteiger partial charge in [-0.15, -0.1) is 0 Å². The zero-order chi connectivity index (χ0) is 13.1. The molecular weight excluding hydrogens is 302 g/mol. The minimum absolute atomic E-state index is 0.0873. The van der Waals surface area contributed by atoms with Gasteiger partial charge in [0, 0.05) is 10.2 Å². The van der Waals surface area contributed by atoms with Crippen molar-refractivity contribution in [3.63, 3.8) is 0 Å². The SMILES string of the molecule is O=C(O)c1cc(Br)cc(NC(=O)c2cnc[nH]2)c1. The number of halogens is 1. The lowest BCUT2D eigenvalue weighted by molar-refractivity contribution is 0.0696. The minimum Gasteiger partial charge on any atom is -0.478 e. The molecule has 0 radical (unpaired) electrons. The number of aromatic carboxylic acids is 1. The maximum Gasteiger partial charge on any atom is 0.335 e. The number of amides is 1. The summed E-state index contributed by atoms with van der Waals surface area (Å²) in [7, 11) is 0. The van der Waals surface area contributed by atoms with Crippen LogP contribution < -0.4 is 5.32 Å². The third kappa shape index (κ3) is 2.75. The van der Waals surface area contributed by atoms with E-state index in [0.29, 0.717) is 15.9 Å². The van der Waals surface area contributed by atoms with E-state index in [9.17, 15) is 9.59 Å². The number of nitrogens with zero attached hydrogens (tertiary/aromatic N) is 1. The molecule has 0 aliphatic heterocycles. The number of nitrogens with one attached hydrogen (secondary N) is 2. The van der Waals surface area contributed by atoms with Gasteiger partial charge in [-0.05, 0) is 18.2 Å². The second kappa shape index (κ2) is 5.01. The maximum absolute atomic E-state index is 11.7. The van der Waals surface area contributed by atoms with Gasteiger partial charge in [0.1, 0.15) is 5.69 Å². The van der Waals surface area contributed by atoms with Gasteiger partial charge in [-0.3, -0.25) is 4.79 Å². The second-order valence-electron chi connectivity index (χ2n) is 3.45. The quantitative estimate of drug-likeness (QED) is 0.809. The van der Waals surface area contributed by atoms with E-state index in [1.807, 2.05) is 0 Å². The molecule has 0 unspecified atom stereocenters. The summed E-state index contributed by atoms with van der Waals surface area (Å²) in [4.78, 5) is 29.0. The molecule has 1 heterocycles. The summed E-state index contributed by atoms with van der Waals surface area (Å²) in [6, 6.07) is 4.44. The zero-order valence-electron chi connectivity index (χ0n) is 8.98. The van der Waals surface area contributed by atoms with Crippen LogP contribution in [0, 0.1) is 0 Å². The molecule has 1 aromatic carbocycles. The first-order valence-corrected chi connectivity index (χ1v) is 5.69. The molecule has 0 aliphatic carbocycles. The van der Waals surface area contributed by atoms with Crippen LogP contribution in [-0.4, -0.2) is 27.0 Å². The van der Waals surface area contributed by atoms with Gasteiger partial charge in [0.15, 0.2) is 0 Å². The standard InChI is InChI=1S/C11H8BrN3O3/c12-7-1-6(11(17)18)2-8(3-7)15-10(16)9-4-13-5-14-9/h1-5H,(H,13,14)(H,15,16)(H,17,18). The van der Waals surface area contributed by atoms with Crippen LogP contribution >= 0.6 is 15.9 Å². The number of anilines is 1. The van der Waals surface area contributed by atoms with E-state index in [0.717, 1.165) is 0 Å². The number of aromatic amines is 1. The van der Waals surface area contributed by atoms with Crippen molar-refractivity contribution >= 4 is 33.5 Å². The summed E-state index contributed by atoms with van der Waals surface area (Å²) in [5.41, 5.74) is 0.775. The molecule has 92 valence electrons. The van der Waals surface area contributed by atoms with Crippen LogP contribution in [0.15, 0.2) is 35.2 Å². The summed E-state index contributed by atoms with van der Waals surface area (Å²) in [5.74, 6) is -1.45. The Balaban J connectivity index is 2.24. The Morgan fingerprint density at radius 2 is 2.11 bits per heavy atom. The topological polar surface area (TPSA) is 95.1 Å². The average Bonchev–Trinajstić information content (AvgIpc) is 2.81. The highest BCUT2D eigenvalue weighted by molar-refractivity contribution is 9.10. The Hall–Kier alpha value is -2.15. The van der Waals surface area contributed by atoms with E-state index in [-0.39, 0.29) is 11.5 Å². The molecule has 0 fully saturated rings. The number of benzene rings is 1. The Kier molecular flexibility index (Phi) is 3.42. The predicted molar refractivity (Wildman–Crippen MR) is 67.6 cm³/mol. The molecule has 18 heavy (non-hydrogen) atoms. The second-order valence-corrected chi connectivity index (χ2v) is 4.37. The first-order chi connectivity index (χ1) is 8.56. The van der Waals surface area contributed by atoms with Crippen molar-refractivity contribution in [1.29, 1.82) is 0 Å². The van der Waals surface area contributed by atoms with E-state index in [1.54, 1.807) is 6.07 Å². The van der Waals surface area contributed by atoms with Crippen molar-refractivity contribution < 1.29 is 14.7 Å². The van der Waals surface area contributed by atoms with Crippen LogP contribution in [0.3, 0.4) is 0 Å². The van der Waals surface area contributed by atoms with Gasteiger partial charge >= 0.3 is 5.97 Å². The Morgan fingerprint density at radius 3 is 2.72 bits per heavy atom. The molecule has 0 saturated heterocycles. The lowest BCUT2D eigenvalue weighted by Gasteiger charge is -2.05. The van der Waals surface area contributed by atoms with Gasteiger partial charge in [0.2, 0.25) is 0 Å². The molecule has 0 spiro atoms. The third-order valence-corrected chi connectivity index (χ3v) is 2.60. The number of imidazole rings is 1. The number of carboxylic acids is 1. The van der Waals surface area contributed by atoms with Crippen LogP contribution in [0.5, 0.6) is 0 Å². The summed E-state index contributed by atoms with van der Waals surface area (Å²) < 4.78 is 0.572. The maximum atomic E-state index is 11.7. The zero-order valence-corrected chi connectivity index (χ0v) is 10.6. The monoisotopic (exact) mass is 309 g/mol. The molecule has 0 bridgehead atoms. The Morgan fingerprint density at radius 1 is 1.33 bits per heavy atom. The molecule has 2 rings (SSSR count). The van der Waals surface area contributed by atoms with Crippen LogP contribution in [-0.2, 0) is 0 Å². The van der Waals surface area contributed by atoms with Crippen molar-refractivity contribution in [3.8, 4) is 0 Å². The molecular formula is C11H8BrN3O3. The first-order valence-electron chi connectivity index (χ1n) is 4.90. The van der Waals surface area contributed by atoms with Crippen LogP contribution in [0.25, 0.3) is 0 Å². The lowest BCUT2D eigenvalue weighted by Crippen LogP contribution is -2.12. The molecule has 1 amide bonds. The highest BCUT2D eigenvalue weighted by atomic mass is 79.9. The van der Waals surface area contributed by atoms with E-state index in [2.05, 4.69) is 31.2 Å². The van der Waals surface area contributed by atoms with Gasteiger partial charge in [0.25, 0.3) is 5.91 Å². The van der Waals surface area contributed by atoms with Gasteiger partial charge < -0.3 is 15.4 Å². The molecule has 3 N–H and O–H groups in total. The molecule has 1 aromatic heterocycles. The summed E-state index contributed by atoms with van der Waals surface area (Å²) in [6.45, 7) is 0. The number of rotatable bonds is 3. The van der Waals surface area contributed by atoms with E-state index >= 15 is 0 Å². The van der Waals surface area contributed by atoms with Crippen molar-refractivity contribution in [3.05, 3.63) is 46.5 Å². The van der Waals surface area contributed by atoms with Crippen molar-refractivity contribution in [2.45, 2.75) is 0 Å². The minimum atomic E-state index is -1.06. The highest BCUT2D eigenvalue weighted by Gasteiger charge is 2.10.